The Balaban J connectivity index is 1.34. The molecular weight excluding hydrogens is 744 g/mol. The number of aliphatic hydroxyl groups is 1. The third-order valence-electron chi connectivity index (χ3n) is 10.9. The minimum atomic E-state index is -1.35. The summed E-state index contributed by atoms with van der Waals surface area (Å²) >= 11 is 3.77. The molecule has 3 amide bonds. The van der Waals surface area contributed by atoms with Gasteiger partial charge < -0.3 is 34.4 Å². The number of morpholine rings is 1. The number of alkyl halides is 1. The van der Waals surface area contributed by atoms with Crippen molar-refractivity contribution in [2.24, 2.45) is 11.8 Å². The second kappa shape index (κ2) is 17.5. The molecule has 0 radical (unpaired) electrons. The standard InChI is InChI=1S/C40H49BrN4O8/c1-3-5-16-32(47)52-26-30(27-12-8-6-9-13-27)42-37(48)33-34-38(49)45(31(25-46)28-14-10-7-11-15-28)36(40(34)24-29(41)35(33)53-40)39(50)44(17-4-2)19-18-43-20-22-51-23-21-43/h3-4,6-15,29-31,33-36,46H,1-2,5,16-26H2,(H,42,48)/t29?,30-,31-,33+,34-,35+,36+,40-/m1/s1. The fraction of sp³-hybridized carbons (Fsp3) is 0.500. The van der Waals surface area contributed by atoms with Gasteiger partial charge in [0, 0.05) is 44.0 Å². The summed E-state index contributed by atoms with van der Waals surface area (Å²) in [4.78, 5) is 62.1. The van der Waals surface area contributed by atoms with Crippen molar-refractivity contribution in [1.29, 1.82) is 0 Å². The molecule has 4 aliphatic rings. The number of halogens is 1. The summed E-state index contributed by atoms with van der Waals surface area (Å²) in [7, 11) is 0. The van der Waals surface area contributed by atoms with E-state index in [-0.39, 0.29) is 30.3 Å². The van der Waals surface area contributed by atoms with E-state index in [1.54, 1.807) is 17.1 Å². The predicted molar refractivity (Wildman–Crippen MR) is 201 cm³/mol. The predicted octanol–water partition coefficient (Wildman–Crippen LogP) is 3.18. The van der Waals surface area contributed by atoms with E-state index in [1.807, 2.05) is 60.7 Å². The number of fused-ring (bicyclic) bond motifs is 1. The Morgan fingerprint density at radius 1 is 1.06 bits per heavy atom. The van der Waals surface area contributed by atoms with Crippen molar-refractivity contribution < 1.29 is 38.5 Å². The number of amides is 3. The number of aliphatic hydroxyl groups excluding tert-OH is 1. The number of nitrogens with one attached hydrogen (secondary N) is 1. The summed E-state index contributed by atoms with van der Waals surface area (Å²) in [6, 6.07) is 15.6. The maximum absolute atomic E-state index is 15.0. The number of hydrogen-bond acceptors (Lipinski definition) is 9. The van der Waals surface area contributed by atoms with Gasteiger partial charge in [0.1, 0.15) is 18.2 Å². The van der Waals surface area contributed by atoms with Crippen LogP contribution in [0.3, 0.4) is 0 Å². The third kappa shape index (κ3) is 8.00. The van der Waals surface area contributed by atoms with Gasteiger partial charge in [-0.25, -0.2) is 0 Å². The second-order valence-corrected chi connectivity index (χ2v) is 15.2. The average molecular weight is 794 g/mol. The van der Waals surface area contributed by atoms with Crippen LogP contribution < -0.4 is 5.32 Å². The number of allylic oxidation sites excluding steroid dienone is 1. The van der Waals surface area contributed by atoms with Crippen LogP contribution in [-0.4, -0.2) is 125 Å². The lowest BCUT2D eigenvalue weighted by molar-refractivity contribution is -0.151. The maximum Gasteiger partial charge on any atom is 0.306 e. The van der Waals surface area contributed by atoms with Gasteiger partial charge in [-0.2, -0.15) is 0 Å². The van der Waals surface area contributed by atoms with E-state index in [0.717, 1.165) is 18.7 Å². The lowest BCUT2D eigenvalue weighted by Gasteiger charge is -2.40. The molecule has 4 heterocycles. The molecule has 2 bridgehead atoms. The smallest absolute Gasteiger partial charge is 0.306 e. The summed E-state index contributed by atoms with van der Waals surface area (Å²) < 4.78 is 17.9. The van der Waals surface area contributed by atoms with Crippen LogP contribution in [0.4, 0.5) is 0 Å². The van der Waals surface area contributed by atoms with E-state index in [1.165, 1.54) is 4.90 Å². The van der Waals surface area contributed by atoms with Gasteiger partial charge in [0.05, 0.1) is 49.8 Å². The van der Waals surface area contributed by atoms with Crippen molar-refractivity contribution in [2.75, 3.05) is 59.2 Å². The fourth-order valence-electron chi connectivity index (χ4n) is 8.36. The lowest BCUT2D eigenvalue weighted by atomic mass is 9.70. The van der Waals surface area contributed by atoms with Crippen LogP contribution >= 0.6 is 15.9 Å². The van der Waals surface area contributed by atoms with E-state index >= 15 is 4.79 Å². The quantitative estimate of drug-likeness (QED) is 0.141. The Hall–Kier alpha value is -3.88. The molecule has 4 fully saturated rings. The Labute approximate surface area is 319 Å². The van der Waals surface area contributed by atoms with Crippen LogP contribution in [0.5, 0.6) is 0 Å². The van der Waals surface area contributed by atoms with Gasteiger partial charge >= 0.3 is 5.97 Å². The number of carbonyl (C=O) groups is 4. The van der Waals surface area contributed by atoms with Crippen LogP contribution in [0.2, 0.25) is 0 Å². The molecule has 2 aromatic rings. The zero-order valence-electron chi connectivity index (χ0n) is 29.9. The highest BCUT2D eigenvalue weighted by molar-refractivity contribution is 9.09. The summed E-state index contributed by atoms with van der Waals surface area (Å²) in [6.45, 7) is 11.0. The fourth-order valence-corrected chi connectivity index (χ4v) is 9.30. The zero-order chi connectivity index (χ0) is 37.5. The van der Waals surface area contributed by atoms with E-state index in [9.17, 15) is 19.5 Å². The first kappa shape index (κ1) is 38.8. The number of carbonyl (C=O) groups excluding carboxylic acids is 4. The summed E-state index contributed by atoms with van der Waals surface area (Å²) in [5.41, 5.74) is 0.0350. The Bertz CT molecular complexity index is 1620. The first-order chi connectivity index (χ1) is 25.7. The monoisotopic (exact) mass is 792 g/mol. The van der Waals surface area contributed by atoms with E-state index in [4.69, 9.17) is 14.2 Å². The highest BCUT2D eigenvalue weighted by atomic mass is 79.9. The number of rotatable bonds is 17. The normalized spacial score (nSPS) is 27.5. The Morgan fingerprint density at radius 2 is 1.74 bits per heavy atom. The number of likely N-dealkylation sites (tertiary alicyclic amines) is 1. The highest BCUT2D eigenvalue weighted by Crippen LogP contribution is 2.61. The molecule has 0 aromatic heterocycles. The van der Waals surface area contributed by atoms with Gasteiger partial charge in [0.25, 0.3) is 0 Å². The van der Waals surface area contributed by atoms with Crippen molar-refractivity contribution in [2.45, 2.75) is 53.9 Å². The van der Waals surface area contributed by atoms with Crippen LogP contribution in [0, 0.1) is 11.8 Å². The third-order valence-corrected chi connectivity index (χ3v) is 11.7. The van der Waals surface area contributed by atoms with Crippen LogP contribution in [-0.2, 0) is 33.4 Å². The van der Waals surface area contributed by atoms with Gasteiger partial charge in [0.15, 0.2) is 0 Å². The zero-order valence-corrected chi connectivity index (χ0v) is 31.5. The molecule has 2 N–H and O–H groups in total. The Morgan fingerprint density at radius 3 is 2.38 bits per heavy atom. The lowest BCUT2D eigenvalue weighted by Crippen LogP contribution is -2.58. The summed E-state index contributed by atoms with van der Waals surface area (Å²) in [5, 5.41) is 14.0. The molecule has 12 nitrogen and oxygen atoms in total. The average Bonchev–Trinajstić information content (AvgIpc) is 3.78. The summed E-state index contributed by atoms with van der Waals surface area (Å²) in [6.07, 6.45) is 3.53. The molecule has 6 rings (SSSR count). The number of esters is 1. The van der Waals surface area contributed by atoms with Crippen molar-refractivity contribution >= 4 is 39.6 Å². The van der Waals surface area contributed by atoms with Crippen molar-refractivity contribution in [1.82, 2.24) is 20.0 Å². The Kier molecular flexibility index (Phi) is 12.8. The molecule has 0 saturated carbocycles. The topological polar surface area (TPSA) is 138 Å². The molecule has 2 aromatic carbocycles. The first-order valence-electron chi connectivity index (χ1n) is 18.4. The molecule has 284 valence electrons. The van der Waals surface area contributed by atoms with Gasteiger partial charge in [-0.05, 0) is 24.0 Å². The van der Waals surface area contributed by atoms with Crippen LogP contribution in [0.25, 0.3) is 0 Å². The highest BCUT2D eigenvalue weighted by Gasteiger charge is 2.77. The number of nitrogens with zero attached hydrogens (tertiary/aromatic N) is 3. The molecular formula is C40H49BrN4O8. The molecule has 0 aliphatic carbocycles. The van der Waals surface area contributed by atoms with Crippen molar-refractivity contribution in [3.05, 3.63) is 97.1 Å². The van der Waals surface area contributed by atoms with E-state index in [0.29, 0.717) is 44.7 Å². The molecule has 8 atom stereocenters. The number of ether oxygens (including phenoxy) is 3. The summed E-state index contributed by atoms with van der Waals surface area (Å²) in [5.74, 6) is -3.59. The first-order valence-corrected chi connectivity index (χ1v) is 19.3. The molecule has 53 heavy (non-hydrogen) atoms. The molecule has 1 spiro atoms. The van der Waals surface area contributed by atoms with Gasteiger partial charge in [-0.15, -0.1) is 13.2 Å². The second-order valence-electron chi connectivity index (χ2n) is 14.0. The SMILES string of the molecule is C=CCCC(=O)OC[C@@H](NC(=O)[C@@H]1[C@H]2O[C@@]3(CC2Br)[C@H](C(=O)N(CC=C)CCN2CCOCC2)N([C@H](CO)c2ccccc2)C(=O)[C@@H]13)c1ccccc1. The number of hydrogen-bond donors (Lipinski definition) is 2. The van der Waals surface area contributed by atoms with Crippen LogP contribution in [0.15, 0.2) is 86.0 Å². The maximum atomic E-state index is 15.0. The van der Waals surface area contributed by atoms with Crippen LogP contribution in [0.1, 0.15) is 42.5 Å². The van der Waals surface area contributed by atoms with Crippen molar-refractivity contribution in [3.63, 3.8) is 0 Å². The minimum Gasteiger partial charge on any atom is -0.463 e. The van der Waals surface area contributed by atoms with Gasteiger partial charge in [-0.1, -0.05) is 88.7 Å². The van der Waals surface area contributed by atoms with E-state index in [2.05, 4.69) is 39.3 Å². The molecule has 1 unspecified atom stereocenters. The largest absolute Gasteiger partial charge is 0.463 e. The number of benzene rings is 2. The molecule has 4 saturated heterocycles. The minimum absolute atomic E-state index is 0.112. The van der Waals surface area contributed by atoms with E-state index < -0.39 is 66.1 Å². The molecule has 13 heteroatoms. The molecule has 4 aliphatic heterocycles. The van der Waals surface area contributed by atoms with Crippen molar-refractivity contribution in [3.8, 4) is 0 Å². The van der Waals surface area contributed by atoms with Gasteiger partial charge in [-0.3, -0.25) is 24.1 Å². The van der Waals surface area contributed by atoms with Gasteiger partial charge in [0.2, 0.25) is 17.7 Å².